The molecule has 0 bridgehead atoms. The van der Waals surface area contributed by atoms with Crippen molar-refractivity contribution < 1.29 is 4.42 Å². The summed E-state index contributed by atoms with van der Waals surface area (Å²) < 4.78 is 6.88. The molecule has 11 unspecified atom stereocenters. The quantitative estimate of drug-likeness (QED) is 0.179. The Morgan fingerprint density at radius 3 is 2.46 bits per heavy atom. The molecule has 6 nitrogen and oxygen atoms in total. The van der Waals surface area contributed by atoms with Crippen LogP contribution >= 0.6 is 0 Å². The molecule has 0 radical (unpaired) electrons. The molecule has 3 aliphatic heterocycles. The van der Waals surface area contributed by atoms with Gasteiger partial charge in [0.05, 0.1) is 11.7 Å². The largest absolute Gasteiger partial charge is 0.456 e. The standard InChI is InChI=1S/C66H71N5O/c1-42-20-17-18-30-57(42)71-58-31-19-21-43(2)62(58)55-40-61-54(39-59(55)71)53-37-48(33-35-60(53)72-61)63-56(65-69-66(3,50-28-15-8-16-29-50)68-64(70(65)4)46-26-13-7-14-27-46)38-49(41-67-63)52-36-47(44-22-9-5-10-23-44)32-34-51(52)45-24-11-6-12-25-45/h5,7-9,11,13,15-22,24,28-31,33,35-37,39-43,45-47,49,51,57,62,65,69H,6,10,12,14,23,25-27,32,34,38H2,1-4H3. The van der Waals surface area contributed by atoms with E-state index in [0.717, 1.165) is 71.7 Å². The molecule has 366 valence electrons. The minimum atomic E-state index is -0.632. The predicted molar refractivity (Wildman–Crippen MR) is 300 cm³/mol. The Bertz CT molecular complexity index is 3180. The fourth-order valence-electron chi connectivity index (χ4n) is 14.5. The maximum absolute atomic E-state index is 6.88. The Balaban J connectivity index is 0.964. The van der Waals surface area contributed by atoms with Gasteiger partial charge in [-0.3, -0.25) is 10.3 Å². The van der Waals surface area contributed by atoms with Gasteiger partial charge in [-0.15, -0.1) is 0 Å². The Kier molecular flexibility index (Phi) is 11.8. The summed E-state index contributed by atoms with van der Waals surface area (Å²) in [5.74, 6) is 4.37. The van der Waals surface area contributed by atoms with Crippen molar-refractivity contribution >= 4 is 45.4 Å². The van der Waals surface area contributed by atoms with Gasteiger partial charge in [-0.1, -0.05) is 140 Å². The SMILES string of the molecule is CC1C=CC=C2C1c1cc3oc4ccc(C5=C(C6NC(C)(c7ccccc7)N=C(C7CC=CCC7)N6C)CC(C6=CC(C7=CC=CCC7)CCC6C6C=CCCC6)C=N5)cc4c3cc1N2C1C=CC=CC1C. The molecule has 4 heterocycles. The van der Waals surface area contributed by atoms with Gasteiger partial charge in [0.1, 0.15) is 28.8 Å². The van der Waals surface area contributed by atoms with Crippen LogP contribution in [0.2, 0.25) is 0 Å². The van der Waals surface area contributed by atoms with E-state index < -0.39 is 5.66 Å². The number of nitrogens with one attached hydrogen (secondary N) is 1. The highest BCUT2D eigenvalue weighted by molar-refractivity contribution is 6.08. The van der Waals surface area contributed by atoms with E-state index in [9.17, 15) is 0 Å². The van der Waals surface area contributed by atoms with E-state index in [1.807, 2.05) is 0 Å². The molecule has 0 amide bonds. The van der Waals surface area contributed by atoms with Crippen LogP contribution in [0.4, 0.5) is 5.69 Å². The second-order valence-electron chi connectivity index (χ2n) is 22.7. The molecule has 0 fully saturated rings. The normalized spacial score (nSPS) is 33.1. The van der Waals surface area contributed by atoms with Crippen molar-refractivity contribution in [2.24, 2.45) is 51.4 Å². The Morgan fingerprint density at radius 1 is 0.764 bits per heavy atom. The van der Waals surface area contributed by atoms with Crippen LogP contribution in [0, 0.1) is 41.4 Å². The molecule has 1 N–H and O–H groups in total. The number of amidine groups is 1. The number of likely N-dealkylation sites (N-methyl/N-ethyl adjacent to an activating group) is 1. The lowest BCUT2D eigenvalue weighted by Gasteiger charge is -2.48. The molecule has 0 saturated heterocycles. The van der Waals surface area contributed by atoms with Crippen molar-refractivity contribution in [3.8, 4) is 0 Å². The highest BCUT2D eigenvalue weighted by Crippen LogP contribution is 2.54. The van der Waals surface area contributed by atoms with Crippen LogP contribution in [0.1, 0.15) is 114 Å². The third-order valence-electron chi connectivity index (χ3n) is 18.3. The number of fused-ring (bicyclic) bond motifs is 6. The number of nitrogens with zero attached hydrogens (tertiary/aromatic N) is 4. The van der Waals surface area contributed by atoms with Crippen molar-refractivity contribution in [1.82, 2.24) is 10.2 Å². The summed E-state index contributed by atoms with van der Waals surface area (Å²) in [6.45, 7) is 7.01. The molecule has 72 heavy (non-hydrogen) atoms. The first kappa shape index (κ1) is 45.6. The lowest BCUT2D eigenvalue weighted by Crippen LogP contribution is -2.61. The Morgan fingerprint density at radius 2 is 1.64 bits per heavy atom. The van der Waals surface area contributed by atoms with E-state index in [1.165, 1.54) is 66.0 Å². The number of aliphatic imine (C=N–C) groups is 2. The van der Waals surface area contributed by atoms with Crippen LogP contribution in [0.25, 0.3) is 27.6 Å². The fourth-order valence-corrected chi connectivity index (χ4v) is 14.5. The molecule has 13 rings (SSSR count). The summed E-state index contributed by atoms with van der Waals surface area (Å²) in [6, 6.07) is 22.9. The van der Waals surface area contributed by atoms with Crippen molar-refractivity contribution in [1.29, 1.82) is 0 Å². The molecule has 1 aromatic heterocycles. The highest BCUT2D eigenvalue weighted by atomic mass is 16.3. The van der Waals surface area contributed by atoms with E-state index in [0.29, 0.717) is 41.4 Å². The summed E-state index contributed by atoms with van der Waals surface area (Å²) in [4.78, 5) is 16.6. The first-order chi connectivity index (χ1) is 35.3. The molecule has 6 heteroatoms. The lowest BCUT2D eigenvalue weighted by molar-refractivity contribution is 0.205. The number of furan rings is 1. The van der Waals surface area contributed by atoms with Crippen LogP contribution in [-0.4, -0.2) is 36.2 Å². The zero-order chi connectivity index (χ0) is 48.5. The van der Waals surface area contributed by atoms with Gasteiger partial charge in [0.2, 0.25) is 0 Å². The summed E-state index contributed by atoms with van der Waals surface area (Å²) in [5, 5.41) is 6.55. The monoisotopic (exact) mass is 950 g/mol. The third kappa shape index (κ3) is 7.95. The van der Waals surface area contributed by atoms with Crippen molar-refractivity contribution in [3.63, 3.8) is 0 Å². The lowest BCUT2D eigenvalue weighted by atomic mass is 9.66. The first-order valence-electron chi connectivity index (χ1n) is 27.6. The zero-order valence-electron chi connectivity index (χ0n) is 42.8. The zero-order valence-corrected chi connectivity index (χ0v) is 42.8. The van der Waals surface area contributed by atoms with Crippen LogP contribution in [0.3, 0.4) is 0 Å². The Labute approximate surface area is 427 Å². The van der Waals surface area contributed by atoms with Gasteiger partial charge in [0.15, 0.2) is 0 Å². The molecule has 6 aliphatic carbocycles. The second kappa shape index (κ2) is 18.7. The van der Waals surface area contributed by atoms with Crippen LogP contribution in [0.15, 0.2) is 189 Å². The minimum Gasteiger partial charge on any atom is -0.456 e. The topological polar surface area (TPSA) is 56.4 Å². The van der Waals surface area contributed by atoms with Crippen molar-refractivity contribution in [2.45, 2.75) is 115 Å². The summed E-state index contributed by atoms with van der Waals surface area (Å²) >= 11 is 0. The number of benzene rings is 3. The molecule has 11 atom stereocenters. The van der Waals surface area contributed by atoms with E-state index in [2.05, 4.69) is 201 Å². The van der Waals surface area contributed by atoms with Crippen molar-refractivity contribution in [2.75, 3.05) is 11.9 Å². The van der Waals surface area contributed by atoms with Crippen LogP contribution in [0.5, 0.6) is 0 Å². The average molecular weight is 950 g/mol. The molecule has 0 spiro atoms. The minimum absolute atomic E-state index is 0.136. The van der Waals surface area contributed by atoms with Gasteiger partial charge >= 0.3 is 0 Å². The number of allylic oxidation sites excluding steroid dienone is 16. The molecule has 4 aromatic rings. The Hall–Kier alpha value is -6.24. The number of anilines is 1. The molecule has 0 saturated carbocycles. The van der Waals surface area contributed by atoms with Crippen molar-refractivity contribution in [3.05, 3.63) is 191 Å². The third-order valence-corrected chi connectivity index (χ3v) is 18.3. The number of rotatable bonds is 8. The van der Waals surface area contributed by atoms with Gasteiger partial charge in [-0.25, -0.2) is 4.99 Å². The molecular weight excluding hydrogens is 879 g/mol. The molecule has 3 aromatic carbocycles. The first-order valence-corrected chi connectivity index (χ1v) is 27.6. The number of hydrogen-bond donors (Lipinski definition) is 1. The van der Waals surface area contributed by atoms with Gasteiger partial charge < -0.3 is 14.2 Å². The average Bonchev–Trinajstić information content (AvgIpc) is 3.96. The van der Waals surface area contributed by atoms with Gasteiger partial charge in [-0.2, -0.15) is 0 Å². The summed E-state index contributed by atoms with van der Waals surface area (Å²) in [7, 11) is 2.30. The van der Waals surface area contributed by atoms with Gasteiger partial charge in [0, 0.05) is 58.7 Å². The maximum atomic E-state index is 6.88. The van der Waals surface area contributed by atoms with Gasteiger partial charge in [0.25, 0.3) is 0 Å². The van der Waals surface area contributed by atoms with E-state index in [-0.39, 0.29) is 18.1 Å². The smallest absolute Gasteiger partial charge is 0.137 e. The van der Waals surface area contributed by atoms with Crippen LogP contribution < -0.4 is 10.2 Å². The second-order valence-corrected chi connectivity index (χ2v) is 22.7. The van der Waals surface area contributed by atoms with Gasteiger partial charge in [-0.05, 0) is 160 Å². The van der Waals surface area contributed by atoms with E-state index in [4.69, 9.17) is 14.4 Å². The number of hydrogen-bond acceptors (Lipinski definition) is 6. The van der Waals surface area contributed by atoms with E-state index in [1.54, 1.807) is 11.1 Å². The maximum Gasteiger partial charge on any atom is 0.137 e. The van der Waals surface area contributed by atoms with Crippen LogP contribution in [-0.2, 0) is 5.66 Å². The highest BCUT2D eigenvalue weighted by Gasteiger charge is 2.45. The predicted octanol–water partition coefficient (Wildman–Crippen LogP) is 15.6. The van der Waals surface area contributed by atoms with E-state index >= 15 is 0 Å². The fraction of sp³-hybridized carbons (Fsp3) is 0.394. The molecular formula is C66H71N5O. The summed E-state index contributed by atoms with van der Waals surface area (Å²) in [6.07, 6.45) is 50.5. The molecule has 9 aliphatic rings. The summed E-state index contributed by atoms with van der Waals surface area (Å²) in [5.41, 5.74) is 13.2.